The number of carbonyl (C=O) groups is 1. The Kier molecular flexibility index (Phi) is 4.37. The number of nitriles is 1. The second-order valence-electron chi connectivity index (χ2n) is 4.02. The summed E-state index contributed by atoms with van der Waals surface area (Å²) in [6.07, 6.45) is 1.81. The quantitative estimate of drug-likeness (QED) is 0.482. The fourth-order valence-electron chi connectivity index (χ4n) is 1.82. The Morgan fingerprint density at radius 3 is 2.90 bits per heavy atom. The molecule has 0 saturated carbocycles. The van der Waals surface area contributed by atoms with Crippen LogP contribution in [-0.2, 0) is 6.54 Å². The van der Waals surface area contributed by atoms with Crippen LogP contribution in [0.2, 0.25) is 0 Å². The second kappa shape index (κ2) is 6.41. The first-order chi connectivity index (χ1) is 9.76. The van der Waals surface area contributed by atoms with Gasteiger partial charge in [-0.2, -0.15) is 5.26 Å². The van der Waals surface area contributed by atoms with Crippen molar-refractivity contribution in [3.8, 4) is 11.8 Å². The number of nitrogens with two attached hydrogens (primary N) is 1. The average molecular weight is 270 g/mol. The number of nitrogen functional groups attached to an aromatic ring is 1. The van der Waals surface area contributed by atoms with Crippen LogP contribution in [0.5, 0.6) is 5.75 Å². The van der Waals surface area contributed by atoms with Gasteiger partial charge in [-0.15, -0.1) is 0 Å². The van der Waals surface area contributed by atoms with Gasteiger partial charge in [0, 0.05) is 6.20 Å². The number of benzene rings is 1. The van der Waals surface area contributed by atoms with Gasteiger partial charge in [0.1, 0.15) is 24.1 Å². The van der Waals surface area contributed by atoms with E-state index in [4.69, 9.17) is 15.8 Å². The van der Waals surface area contributed by atoms with Crippen molar-refractivity contribution in [3.05, 3.63) is 53.9 Å². The van der Waals surface area contributed by atoms with Crippen molar-refractivity contribution in [1.29, 1.82) is 5.26 Å². The molecule has 0 aliphatic heterocycles. The van der Waals surface area contributed by atoms with Crippen LogP contribution in [0.4, 0.5) is 0 Å². The summed E-state index contributed by atoms with van der Waals surface area (Å²) in [5.74, 6) is 5.18. The fraction of sp³-hybridized carbons (Fsp3) is 0.143. The van der Waals surface area contributed by atoms with E-state index in [9.17, 15) is 4.79 Å². The summed E-state index contributed by atoms with van der Waals surface area (Å²) < 4.78 is 7.37. The predicted molar refractivity (Wildman–Crippen MR) is 72.7 cm³/mol. The Morgan fingerprint density at radius 1 is 1.35 bits per heavy atom. The Labute approximate surface area is 116 Å². The molecule has 0 aliphatic rings. The van der Waals surface area contributed by atoms with Gasteiger partial charge in [-0.05, 0) is 24.3 Å². The van der Waals surface area contributed by atoms with Gasteiger partial charge < -0.3 is 9.30 Å². The fourth-order valence-corrected chi connectivity index (χ4v) is 1.82. The summed E-state index contributed by atoms with van der Waals surface area (Å²) in [4.78, 5) is 11.6. The van der Waals surface area contributed by atoms with Crippen molar-refractivity contribution in [2.75, 3.05) is 6.61 Å². The molecule has 6 nitrogen and oxygen atoms in total. The molecule has 0 radical (unpaired) electrons. The molecule has 1 amide bonds. The zero-order valence-corrected chi connectivity index (χ0v) is 10.7. The van der Waals surface area contributed by atoms with Gasteiger partial charge in [-0.3, -0.25) is 10.2 Å². The number of hydrogen-bond acceptors (Lipinski definition) is 4. The smallest absolute Gasteiger partial charge is 0.268 e. The number of ether oxygens (including phenoxy) is 1. The number of aromatic nitrogens is 1. The summed E-state index contributed by atoms with van der Waals surface area (Å²) >= 11 is 0. The van der Waals surface area contributed by atoms with Crippen molar-refractivity contribution < 1.29 is 9.53 Å². The van der Waals surface area contributed by atoms with Crippen molar-refractivity contribution in [2.24, 2.45) is 5.84 Å². The first kappa shape index (κ1) is 13.6. The van der Waals surface area contributed by atoms with Gasteiger partial charge >= 0.3 is 0 Å². The van der Waals surface area contributed by atoms with Gasteiger partial charge in [0.05, 0.1) is 12.1 Å². The summed E-state index contributed by atoms with van der Waals surface area (Å²) in [7, 11) is 0. The minimum Gasteiger partial charge on any atom is -0.491 e. The highest BCUT2D eigenvalue weighted by Gasteiger charge is 2.10. The standard InChI is InChI=1S/C14H14N4O2/c15-10-11-4-3-7-18(11)8-9-20-13-6-2-1-5-12(13)14(19)17-16/h1-7H,8-9,16H2,(H,17,19). The molecule has 1 aromatic heterocycles. The summed E-state index contributed by atoms with van der Waals surface area (Å²) in [5.41, 5.74) is 3.03. The Morgan fingerprint density at radius 2 is 2.15 bits per heavy atom. The largest absolute Gasteiger partial charge is 0.491 e. The molecular formula is C14H14N4O2. The van der Waals surface area contributed by atoms with E-state index in [0.717, 1.165) is 0 Å². The molecule has 6 heteroatoms. The molecule has 0 spiro atoms. The third kappa shape index (κ3) is 2.96. The van der Waals surface area contributed by atoms with Crippen LogP contribution in [0.1, 0.15) is 16.1 Å². The van der Waals surface area contributed by atoms with E-state index in [0.29, 0.717) is 30.2 Å². The van der Waals surface area contributed by atoms with Crippen LogP contribution >= 0.6 is 0 Å². The van der Waals surface area contributed by atoms with Crippen LogP contribution in [0.25, 0.3) is 0 Å². The number of hydrogen-bond donors (Lipinski definition) is 2. The monoisotopic (exact) mass is 270 g/mol. The molecule has 102 valence electrons. The summed E-state index contributed by atoms with van der Waals surface area (Å²) in [6.45, 7) is 0.868. The molecule has 0 aliphatic carbocycles. The molecule has 1 aromatic carbocycles. The molecule has 20 heavy (non-hydrogen) atoms. The first-order valence-electron chi connectivity index (χ1n) is 6.04. The maximum Gasteiger partial charge on any atom is 0.268 e. The van der Waals surface area contributed by atoms with Crippen LogP contribution < -0.4 is 16.0 Å². The number of hydrazine groups is 1. The number of amides is 1. The van der Waals surface area contributed by atoms with Gasteiger partial charge in [0.2, 0.25) is 0 Å². The van der Waals surface area contributed by atoms with Gasteiger partial charge in [0.25, 0.3) is 5.91 Å². The lowest BCUT2D eigenvalue weighted by Gasteiger charge is -2.11. The molecule has 0 fully saturated rings. The number of para-hydroxylation sites is 1. The molecule has 2 aromatic rings. The van der Waals surface area contributed by atoms with Crippen LogP contribution in [-0.4, -0.2) is 17.1 Å². The molecule has 3 N–H and O–H groups in total. The highest BCUT2D eigenvalue weighted by molar-refractivity contribution is 5.96. The van der Waals surface area contributed by atoms with E-state index in [-0.39, 0.29) is 0 Å². The number of nitrogens with one attached hydrogen (secondary N) is 1. The SMILES string of the molecule is N#Cc1cccn1CCOc1ccccc1C(=O)NN. The van der Waals surface area contributed by atoms with Crippen LogP contribution in [0.15, 0.2) is 42.6 Å². The van der Waals surface area contributed by atoms with Gasteiger partial charge in [-0.1, -0.05) is 12.1 Å². The van der Waals surface area contributed by atoms with E-state index >= 15 is 0 Å². The number of nitrogens with zero attached hydrogens (tertiary/aromatic N) is 2. The minimum absolute atomic E-state index is 0.345. The summed E-state index contributed by atoms with van der Waals surface area (Å²) in [5, 5.41) is 8.89. The van der Waals surface area contributed by atoms with Crippen molar-refractivity contribution in [1.82, 2.24) is 9.99 Å². The molecular weight excluding hydrogens is 256 g/mol. The van der Waals surface area contributed by atoms with E-state index in [1.54, 1.807) is 47.2 Å². The highest BCUT2D eigenvalue weighted by Crippen LogP contribution is 2.17. The zero-order chi connectivity index (χ0) is 14.4. The Bertz CT molecular complexity index is 643. The lowest BCUT2D eigenvalue weighted by Crippen LogP contribution is -2.30. The molecule has 0 saturated heterocycles. The number of rotatable bonds is 5. The van der Waals surface area contributed by atoms with E-state index in [1.165, 1.54) is 0 Å². The van der Waals surface area contributed by atoms with Crippen molar-refractivity contribution in [3.63, 3.8) is 0 Å². The third-order valence-electron chi connectivity index (χ3n) is 2.80. The molecule has 0 bridgehead atoms. The van der Waals surface area contributed by atoms with Crippen LogP contribution in [0.3, 0.4) is 0 Å². The van der Waals surface area contributed by atoms with E-state index < -0.39 is 5.91 Å². The maximum atomic E-state index is 11.6. The first-order valence-corrected chi connectivity index (χ1v) is 6.04. The van der Waals surface area contributed by atoms with Crippen molar-refractivity contribution in [2.45, 2.75) is 6.54 Å². The number of carbonyl (C=O) groups excluding carboxylic acids is 1. The maximum absolute atomic E-state index is 11.6. The van der Waals surface area contributed by atoms with E-state index in [2.05, 4.69) is 11.5 Å². The highest BCUT2D eigenvalue weighted by atomic mass is 16.5. The Hall–Kier alpha value is -2.78. The average Bonchev–Trinajstić information content (AvgIpc) is 2.94. The predicted octanol–water partition coefficient (Wildman–Crippen LogP) is 1.04. The molecule has 1 heterocycles. The lowest BCUT2D eigenvalue weighted by molar-refractivity contribution is 0.0949. The molecule has 0 unspecified atom stereocenters. The van der Waals surface area contributed by atoms with E-state index in [1.807, 2.05) is 0 Å². The molecule has 0 atom stereocenters. The van der Waals surface area contributed by atoms with Crippen LogP contribution in [0, 0.1) is 11.3 Å². The lowest BCUT2D eigenvalue weighted by atomic mass is 10.2. The Balaban J connectivity index is 2.02. The second-order valence-corrected chi connectivity index (χ2v) is 4.02. The third-order valence-corrected chi connectivity index (χ3v) is 2.80. The minimum atomic E-state index is -0.403. The van der Waals surface area contributed by atoms with Crippen molar-refractivity contribution >= 4 is 5.91 Å². The summed E-state index contributed by atoms with van der Waals surface area (Å²) in [6, 6.07) is 12.5. The normalized spacial score (nSPS) is 9.80. The topological polar surface area (TPSA) is 93.1 Å². The molecule has 2 rings (SSSR count). The zero-order valence-electron chi connectivity index (χ0n) is 10.7. The van der Waals surface area contributed by atoms with Gasteiger partial charge in [-0.25, -0.2) is 5.84 Å². The van der Waals surface area contributed by atoms with Gasteiger partial charge in [0.15, 0.2) is 0 Å².